The molecule has 0 bridgehead atoms. The maximum absolute atomic E-state index is 11.4. The highest BCUT2D eigenvalue weighted by Gasteiger charge is 2.19. The van der Waals surface area contributed by atoms with Crippen molar-refractivity contribution < 1.29 is 22.0 Å². The van der Waals surface area contributed by atoms with E-state index in [-0.39, 0.29) is 23.5 Å². The predicted molar refractivity (Wildman–Crippen MR) is 267 cm³/mol. The number of nitrogens with two attached hydrogens (primary N) is 3. The molecule has 370 valence electrons. The van der Waals surface area contributed by atoms with E-state index >= 15 is 0 Å². The number of nitrogens with one attached hydrogen (secondary N) is 2. The number of hydrogen-bond donors (Lipinski definition) is 5. The number of aromatic nitrogens is 10. The number of rotatable bonds is 17. The predicted octanol–water partition coefficient (Wildman–Crippen LogP) is 4.13. The van der Waals surface area contributed by atoms with E-state index in [9.17, 15) is 8.42 Å². The SMILES string of the molecule is CS(=O)(=O)c1nc(N)n2nc(-c3ccco3)nc2n1.NCCc1ccc(NCCN2CCCCC2)cc1.Nc1nc(NCCc2ccc(CCCN3CCOCC3)cc2)nc2nc(-c3ccco3)nn12. The van der Waals surface area contributed by atoms with Crippen molar-refractivity contribution in [3.05, 3.63) is 102 Å². The van der Waals surface area contributed by atoms with Crippen LogP contribution in [0.5, 0.6) is 0 Å². The highest BCUT2D eigenvalue weighted by molar-refractivity contribution is 7.90. The Morgan fingerprint density at radius 1 is 0.614 bits per heavy atom. The monoisotopic (exact) mass is 975 g/mol. The average molecular weight is 976 g/mol. The highest BCUT2D eigenvalue weighted by atomic mass is 32.2. The lowest BCUT2D eigenvalue weighted by Crippen LogP contribution is -2.36. The molecule has 0 amide bonds. The lowest BCUT2D eigenvalue weighted by atomic mass is 10.1. The van der Waals surface area contributed by atoms with Crippen LogP contribution in [0.15, 0.2) is 99.3 Å². The van der Waals surface area contributed by atoms with E-state index in [0.29, 0.717) is 35.6 Å². The van der Waals surface area contributed by atoms with Gasteiger partial charge in [0.25, 0.3) is 16.7 Å². The summed E-state index contributed by atoms with van der Waals surface area (Å²) in [4.78, 5) is 29.7. The third kappa shape index (κ3) is 13.8. The van der Waals surface area contributed by atoms with Crippen LogP contribution in [0, 0.1) is 0 Å². The summed E-state index contributed by atoms with van der Waals surface area (Å²) in [7, 11) is -3.57. The molecule has 2 aromatic carbocycles. The van der Waals surface area contributed by atoms with Crippen molar-refractivity contribution in [1.82, 2.24) is 58.9 Å². The normalized spacial score (nSPS) is 14.5. The number of fused-ring (bicyclic) bond motifs is 2. The van der Waals surface area contributed by atoms with Crippen LogP contribution in [0.4, 0.5) is 23.5 Å². The number of hydrogen-bond acceptors (Lipinski definition) is 20. The van der Waals surface area contributed by atoms with Gasteiger partial charge in [0.1, 0.15) is 0 Å². The maximum Gasteiger partial charge on any atom is 0.259 e. The number of morpholine rings is 1. The quantitative estimate of drug-likeness (QED) is 0.0857. The summed E-state index contributed by atoms with van der Waals surface area (Å²) in [5.41, 5.74) is 22.4. The molecule has 10 rings (SSSR count). The second-order valence-electron chi connectivity index (χ2n) is 16.9. The van der Waals surface area contributed by atoms with Gasteiger partial charge >= 0.3 is 0 Å². The van der Waals surface area contributed by atoms with Gasteiger partial charge in [-0.15, -0.1) is 10.2 Å². The molecule has 0 radical (unpaired) electrons. The average Bonchev–Trinajstić information content (AvgIpc) is 4.22. The summed E-state index contributed by atoms with van der Waals surface area (Å²) in [5.74, 6) is 2.59. The third-order valence-corrected chi connectivity index (χ3v) is 12.5. The smallest absolute Gasteiger partial charge is 0.259 e. The molecule has 2 fully saturated rings. The summed E-state index contributed by atoms with van der Waals surface area (Å²) >= 11 is 0. The number of nitrogen functional groups attached to an aromatic ring is 2. The van der Waals surface area contributed by atoms with E-state index in [0.717, 1.165) is 82.5 Å². The van der Waals surface area contributed by atoms with Gasteiger partial charge in [-0.3, -0.25) is 4.90 Å². The molecular formula is C47H61N17O5S. The van der Waals surface area contributed by atoms with Crippen molar-refractivity contribution in [3.8, 4) is 23.2 Å². The molecule has 8 aromatic rings. The topological polar surface area (TPSA) is 290 Å². The number of furan rings is 2. The molecule has 22 nitrogen and oxygen atoms in total. The molecule has 0 saturated carbocycles. The van der Waals surface area contributed by atoms with Crippen LogP contribution in [-0.2, 0) is 33.8 Å². The van der Waals surface area contributed by atoms with Crippen molar-refractivity contribution >= 4 is 44.9 Å². The van der Waals surface area contributed by atoms with Crippen molar-refractivity contribution in [2.45, 2.75) is 50.1 Å². The third-order valence-electron chi connectivity index (χ3n) is 11.6. The van der Waals surface area contributed by atoms with Crippen molar-refractivity contribution in [1.29, 1.82) is 0 Å². The second-order valence-corrected chi connectivity index (χ2v) is 18.8. The molecule has 2 saturated heterocycles. The van der Waals surface area contributed by atoms with Crippen LogP contribution >= 0.6 is 0 Å². The lowest BCUT2D eigenvalue weighted by molar-refractivity contribution is 0.0374. The number of likely N-dealkylation sites (tertiary alicyclic amines) is 1. The van der Waals surface area contributed by atoms with Crippen molar-refractivity contribution in [2.75, 3.05) is 100 Å². The summed E-state index contributed by atoms with van der Waals surface area (Å²) in [5, 5.41) is 14.7. The van der Waals surface area contributed by atoms with Crippen molar-refractivity contribution in [2.24, 2.45) is 5.73 Å². The molecule has 6 aromatic heterocycles. The van der Waals surface area contributed by atoms with Gasteiger partial charge in [-0.2, -0.15) is 38.9 Å². The molecular weight excluding hydrogens is 915 g/mol. The number of aryl methyl sites for hydroxylation is 1. The number of benzene rings is 2. The summed E-state index contributed by atoms with van der Waals surface area (Å²) in [6.45, 7) is 11.1. The summed E-state index contributed by atoms with van der Waals surface area (Å²) in [6.07, 6.45) is 12.3. The van der Waals surface area contributed by atoms with E-state index in [1.807, 2.05) is 0 Å². The minimum atomic E-state index is -3.57. The standard InChI is InChI=1S/C23H28N8O2.C15H25N3.C9H8N6O3S/c24-21-27-22(28-23-26-20(29-31(21)23)19-4-2-14-33-19)25-10-9-18-7-5-17(6-8-18)3-1-11-30-12-15-32-16-13-30;16-9-8-14-4-6-15(7-5-14)17-10-13-18-11-2-1-3-12-18;1-19(16,17)9-12-7(10)15-8(13-9)11-6(14-15)5-3-2-4-18-5/h2,4-8,14H,1,3,9-13,15-16H2,(H3,24,25,26,27,28,29);4-7,17H,1-3,8-13,16H2;2-4H,1H3,(H2,10,11,12,13,14). The molecule has 0 spiro atoms. The van der Waals surface area contributed by atoms with Gasteiger partial charge in [-0.1, -0.05) is 42.8 Å². The number of ether oxygens (including phenoxy) is 1. The minimum Gasteiger partial charge on any atom is -0.461 e. The Labute approximate surface area is 406 Å². The Kier molecular flexibility index (Phi) is 16.9. The van der Waals surface area contributed by atoms with Crippen LogP contribution in [0.1, 0.15) is 42.4 Å². The van der Waals surface area contributed by atoms with E-state index in [1.165, 1.54) is 71.9 Å². The summed E-state index contributed by atoms with van der Waals surface area (Å²) in [6, 6.07) is 24.4. The Morgan fingerprint density at radius 3 is 1.79 bits per heavy atom. The van der Waals surface area contributed by atoms with E-state index in [2.05, 4.69) is 109 Å². The molecule has 0 aliphatic carbocycles. The van der Waals surface area contributed by atoms with E-state index in [1.54, 1.807) is 30.5 Å². The molecule has 0 unspecified atom stereocenters. The zero-order valence-corrected chi connectivity index (χ0v) is 40.2. The molecule has 2 aliphatic heterocycles. The Hall–Kier alpha value is -7.05. The number of sulfone groups is 1. The molecule has 70 heavy (non-hydrogen) atoms. The Bertz CT molecular complexity index is 2950. The lowest BCUT2D eigenvalue weighted by Gasteiger charge is -2.26. The van der Waals surface area contributed by atoms with Gasteiger partial charge in [0.05, 0.1) is 25.7 Å². The number of piperidine rings is 1. The largest absolute Gasteiger partial charge is 0.461 e. The summed E-state index contributed by atoms with van der Waals surface area (Å²) < 4.78 is 41.3. The van der Waals surface area contributed by atoms with Crippen LogP contribution in [0.2, 0.25) is 0 Å². The molecule has 23 heteroatoms. The zero-order chi connectivity index (χ0) is 48.7. The maximum atomic E-state index is 11.4. The first-order valence-electron chi connectivity index (χ1n) is 23.5. The highest BCUT2D eigenvalue weighted by Crippen LogP contribution is 2.20. The first kappa shape index (κ1) is 49.4. The fraction of sp³-hybridized carbons (Fsp3) is 0.404. The fourth-order valence-electron chi connectivity index (χ4n) is 7.88. The molecule has 0 atom stereocenters. The Balaban J connectivity index is 0.000000152. The first-order chi connectivity index (χ1) is 34.1. The fourth-order valence-corrected chi connectivity index (χ4v) is 8.38. The van der Waals surface area contributed by atoms with Crippen LogP contribution < -0.4 is 27.8 Å². The van der Waals surface area contributed by atoms with Gasteiger partial charge < -0.3 is 46.3 Å². The number of anilines is 4. The molecule has 2 aliphatic rings. The number of nitrogens with zero attached hydrogens (tertiary/aromatic N) is 12. The zero-order valence-electron chi connectivity index (χ0n) is 39.4. The van der Waals surface area contributed by atoms with Gasteiger partial charge in [0.2, 0.25) is 39.3 Å². The van der Waals surface area contributed by atoms with Crippen molar-refractivity contribution in [3.63, 3.8) is 0 Å². The van der Waals surface area contributed by atoms with Gasteiger partial charge in [0, 0.05) is 44.7 Å². The molecule has 8 heterocycles. The van der Waals surface area contributed by atoms with Crippen LogP contribution in [-0.4, -0.2) is 146 Å². The van der Waals surface area contributed by atoms with Gasteiger partial charge in [-0.05, 0) is 118 Å². The van der Waals surface area contributed by atoms with Gasteiger partial charge in [-0.25, -0.2) is 8.42 Å². The molecule has 8 N–H and O–H groups in total. The first-order valence-corrected chi connectivity index (χ1v) is 25.4. The van der Waals surface area contributed by atoms with E-state index in [4.69, 9.17) is 30.8 Å². The minimum absolute atomic E-state index is 0.0410. The van der Waals surface area contributed by atoms with Crippen LogP contribution in [0.25, 0.3) is 34.7 Å². The Morgan fingerprint density at radius 2 is 1.19 bits per heavy atom. The van der Waals surface area contributed by atoms with E-state index < -0.39 is 15.0 Å². The van der Waals surface area contributed by atoms with Crippen LogP contribution in [0.3, 0.4) is 0 Å². The van der Waals surface area contributed by atoms with Gasteiger partial charge in [0.15, 0.2) is 11.5 Å². The second kappa shape index (κ2) is 24.0.